The van der Waals surface area contributed by atoms with E-state index in [1.54, 1.807) is 0 Å². The summed E-state index contributed by atoms with van der Waals surface area (Å²) in [6.07, 6.45) is 5.75. The average Bonchev–Trinajstić information content (AvgIpc) is 2.05. The maximum Gasteiger partial charge on any atom is 0.0889 e. The fourth-order valence-electron chi connectivity index (χ4n) is 2.12. The van der Waals surface area contributed by atoms with Gasteiger partial charge in [-0.25, -0.2) is 0 Å². The van der Waals surface area contributed by atoms with Gasteiger partial charge < -0.3 is 10.1 Å². The topological polar surface area (TPSA) is 21.3 Å². The number of piperidine rings is 1. The van der Waals surface area contributed by atoms with Gasteiger partial charge in [0.05, 0.1) is 12.2 Å². The van der Waals surface area contributed by atoms with Crippen LogP contribution in [0.5, 0.6) is 0 Å². The molecule has 0 amide bonds. The van der Waals surface area contributed by atoms with Gasteiger partial charge in [0.2, 0.25) is 0 Å². The van der Waals surface area contributed by atoms with Crippen molar-refractivity contribution in [1.82, 2.24) is 5.32 Å². The second-order valence-electron chi connectivity index (χ2n) is 3.90. The van der Waals surface area contributed by atoms with E-state index in [0.29, 0.717) is 0 Å². The Balaban J connectivity index is 0.000000845. The molecule has 0 atom stereocenters. The summed E-state index contributed by atoms with van der Waals surface area (Å²) in [6, 6.07) is 0. The molecule has 0 aromatic heterocycles. The minimum Gasteiger partial charge on any atom is -0.370 e. The first kappa shape index (κ1) is 11.0. The highest BCUT2D eigenvalue weighted by atomic mass is 35.5. The molecule has 1 fully saturated rings. The summed E-state index contributed by atoms with van der Waals surface area (Å²) in [5.74, 6) is 0. The molecule has 0 unspecified atom stereocenters. The summed E-state index contributed by atoms with van der Waals surface area (Å²) in [5.41, 5.74) is 1.61. The summed E-state index contributed by atoms with van der Waals surface area (Å²) in [6.45, 7) is 5.34. The molecule has 2 aliphatic heterocycles. The van der Waals surface area contributed by atoms with Crippen LogP contribution >= 0.6 is 12.4 Å². The highest BCUT2D eigenvalue weighted by molar-refractivity contribution is 5.85. The van der Waals surface area contributed by atoms with E-state index in [2.05, 4.69) is 18.3 Å². The molecule has 2 aliphatic rings. The van der Waals surface area contributed by atoms with Crippen LogP contribution in [0.25, 0.3) is 0 Å². The van der Waals surface area contributed by atoms with Crippen molar-refractivity contribution in [1.29, 1.82) is 0 Å². The SMILES string of the molecule is CC1=CC2(CCNCC2)OCC1.Cl. The average molecular weight is 204 g/mol. The zero-order chi connectivity index (χ0) is 8.44. The predicted octanol–water partition coefficient (Wildman–Crippen LogP) is 1.90. The van der Waals surface area contributed by atoms with Crippen LogP contribution in [0.15, 0.2) is 11.6 Å². The van der Waals surface area contributed by atoms with Gasteiger partial charge in [-0.2, -0.15) is 0 Å². The fraction of sp³-hybridized carbons (Fsp3) is 0.800. The summed E-state index contributed by atoms with van der Waals surface area (Å²) < 4.78 is 5.86. The van der Waals surface area contributed by atoms with Crippen LogP contribution < -0.4 is 5.32 Å². The maximum atomic E-state index is 5.86. The Labute approximate surface area is 86.1 Å². The second kappa shape index (κ2) is 4.45. The number of nitrogens with one attached hydrogen (secondary N) is 1. The molecule has 13 heavy (non-hydrogen) atoms. The largest absolute Gasteiger partial charge is 0.370 e. The standard InChI is InChI=1S/C10H17NO.ClH/c1-9-2-7-12-10(8-9)3-5-11-6-4-10;/h8,11H,2-7H2,1H3;1H. The third-order valence-electron chi connectivity index (χ3n) is 2.85. The molecule has 3 heteroatoms. The van der Waals surface area contributed by atoms with Crippen LogP contribution in [-0.2, 0) is 4.74 Å². The summed E-state index contributed by atoms with van der Waals surface area (Å²) in [7, 11) is 0. The van der Waals surface area contributed by atoms with Gasteiger partial charge in [-0.15, -0.1) is 12.4 Å². The lowest BCUT2D eigenvalue weighted by Gasteiger charge is -2.38. The van der Waals surface area contributed by atoms with Crippen molar-refractivity contribution in [2.75, 3.05) is 19.7 Å². The lowest BCUT2D eigenvalue weighted by atomic mass is 9.88. The first-order valence-electron chi connectivity index (χ1n) is 4.84. The normalized spacial score (nSPS) is 26.4. The van der Waals surface area contributed by atoms with Crippen molar-refractivity contribution in [2.45, 2.75) is 31.8 Å². The number of hydrogen-bond acceptors (Lipinski definition) is 2. The highest BCUT2D eigenvalue weighted by Gasteiger charge is 2.32. The lowest BCUT2D eigenvalue weighted by molar-refractivity contribution is -0.0363. The third kappa shape index (κ3) is 2.46. The summed E-state index contributed by atoms with van der Waals surface area (Å²) >= 11 is 0. The Morgan fingerprint density at radius 3 is 2.69 bits per heavy atom. The van der Waals surface area contributed by atoms with Crippen molar-refractivity contribution < 1.29 is 4.74 Å². The molecule has 2 rings (SSSR count). The Morgan fingerprint density at radius 1 is 1.38 bits per heavy atom. The van der Waals surface area contributed by atoms with E-state index in [1.807, 2.05) is 0 Å². The van der Waals surface area contributed by atoms with Crippen LogP contribution in [0, 0.1) is 0 Å². The van der Waals surface area contributed by atoms with Gasteiger partial charge in [0, 0.05) is 0 Å². The van der Waals surface area contributed by atoms with Gasteiger partial charge in [-0.1, -0.05) is 11.6 Å². The van der Waals surface area contributed by atoms with Gasteiger partial charge in [0.1, 0.15) is 0 Å². The first-order chi connectivity index (χ1) is 5.81. The Morgan fingerprint density at radius 2 is 2.08 bits per heavy atom. The van der Waals surface area contributed by atoms with Gasteiger partial charge in [0.15, 0.2) is 0 Å². The van der Waals surface area contributed by atoms with Crippen LogP contribution in [0.4, 0.5) is 0 Å². The summed E-state index contributed by atoms with van der Waals surface area (Å²) in [4.78, 5) is 0. The molecule has 0 aromatic rings. The quantitative estimate of drug-likeness (QED) is 0.608. The van der Waals surface area contributed by atoms with Gasteiger partial charge >= 0.3 is 0 Å². The van der Waals surface area contributed by atoms with Gasteiger partial charge in [-0.05, 0) is 39.3 Å². The Hall–Kier alpha value is -0.0500. The van der Waals surface area contributed by atoms with Crippen molar-refractivity contribution in [3.63, 3.8) is 0 Å². The van der Waals surface area contributed by atoms with E-state index in [-0.39, 0.29) is 18.0 Å². The summed E-state index contributed by atoms with van der Waals surface area (Å²) in [5, 5.41) is 3.36. The van der Waals surface area contributed by atoms with Crippen molar-refractivity contribution in [3.8, 4) is 0 Å². The molecule has 2 nitrogen and oxygen atoms in total. The fourth-order valence-corrected chi connectivity index (χ4v) is 2.12. The third-order valence-corrected chi connectivity index (χ3v) is 2.85. The molecule has 1 spiro atoms. The van der Waals surface area contributed by atoms with Crippen molar-refractivity contribution in [2.24, 2.45) is 0 Å². The van der Waals surface area contributed by atoms with Crippen LogP contribution in [0.2, 0.25) is 0 Å². The molecular formula is C10H18ClNO. The number of halogens is 1. The molecule has 2 heterocycles. The molecule has 0 radical (unpaired) electrons. The number of rotatable bonds is 0. The lowest BCUT2D eigenvalue weighted by Crippen LogP contribution is -2.44. The minimum absolute atomic E-state index is 0. The first-order valence-corrected chi connectivity index (χ1v) is 4.84. The zero-order valence-corrected chi connectivity index (χ0v) is 8.95. The van der Waals surface area contributed by atoms with Crippen LogP contribution in [0.3, 0.4) is 0 Å². The van der Waals surface area contributed by atoms with E-state index in [9.17, 15) is 0 Å². The highest BCUT2D eigenvalue weighted by Crippen LogP contribution is 2.30. The Kier molecular flexibility index (Phi) is 3.77. The smallest absolute Gasteiger partial charge is 0.0889 e. The molecule has 1 N–H and O–H groups in total. The number of ether oxygens (including phenoxy) is 1. The molecule has 1 saturated heterocycles. The molecule has 0 aliphatic carbocycles. The molecule has 0 saturated carbocycles. The molecule has 0 bridgehead atoms. The molecule has 76 valence electrons. The molecule has 0 aromatic carbocycles. The van der Waals surface area contributed by atoms with Crippen molar-refractivity contribution >= 4 is 12.4 Å². The second-order valence-corrected chi connectivity index (χ2v) is 3.90. The van der Waals surface area contributed by atoms with Crippen LogP contribution in [0.1, 0.15) is 26.2 Å². The van der Waals surface area contributed by atoms with E-state index in [4.69, 9.17) is 4.74 Å². The zero-order valence-electron chi connectivity index (χ0n) is 8.14. The maximum absolute atomic E-state index is 5.86. The van der Waals surface area contributed by atoms with Gasteiger partial charge in [0.25, 0.3) is 0 Å². The van der Waals surface area contributed by atoms with Crippen LogP contribution in [-0.4, -0.2) is 25.3 Å². The Bertz CT molecular complexity index is 197. The van der Waals surface area contributed by atoms with E-state index in [0.717, 1.165) is 39.0 Å². The van der Waals surface area contributed by atoms with E-state index < -0.39 is 0 Å². The number of hydrogen-bond donors (Lipinski definition) is 1. The van der Waals surface area contributed by atoms with E-state index in [1.165, 1.54) is 5.57 Å². The monoisotopic (exact) mass is 203 g/mol. The van der Waals surface area contributed by atoms with Gasteiger partial charge in [-0.3, -0.25) is 0 Å². The van der Waals surface area contributed by atoms with E-state index >= 15 is 0 Å². The molecular weight excluding hydrogens is 186 g/mol. The van der Waals surface area contributed by atoms with Crippen molar-refractivity contribution in [3.05, 3.63) is 11.6 Å². The predicted molar refractivity (Wildman–Crippen MR) is 56.4 cm³/mol. The minimum atomic E-state index is 0.